The van der Waals surface area contributed by atoms with Gasteiger partial charge in [0.05, 0.1) is 24.0 Å². The maximum atomic E-state index is 9.07. The quantitative estimate of drug-likeness (QED) is 0.841. The third-order valence-corrected chi connectivity index (χ3v) is 2.80. The second-order valence-corrected chi connectivity index (χ2v) is 4.24. The summed E-state index contributed by atoms with van der Waals surface area (Å²) in [6.07, 6.45) is 1.88. The molecule has 0 saturated heterocycles. The van der Waals surface area contributed by atoms with Crippen LogP contribution in [0.15, 0.2) is 30.5 Å². The maximum Gasteiger partial charge on any atom is 0.0648 e. The molecule has 0 saturated carbocycles. The molecule has 4 nitrogen and oxygen atoms in total. The van der Waals surface area contributed by atoms with Crippen molar-refractivity contribution in [3.63, 3.8) is 0 Å². The first-order chi connectivity index (χ1) is 8.11. The summed E-state index contributed by atoms with van der Waals surface area (Å²) in [4.78, 5) is 0. The van der Waals surface area contributed by atoms with Gasteiger partial charge in [-0.2, -0.15) is 5.10 Å². The Balaban J connectivity index is 2.41. The number of benzene rings is 1. The van der Waals surface area contributed by atoms with Crippen LogP contribution in [-0.2, 0) is 0 Å². The van der Waals surface area contributed by atoms with Crippen LogP contribution in [0.2, 0.25) is 0 Å². The highest BCUT2D eigenvalue weighted by atomic mass is 16.3. The first-order valence-electron chi connectivity index (χ1n) is 5.61. The number of aromatic nitrogens is 2. The van der Waals surface area contributed by atoms with Crippen LogP contribution in [0.1, 0.15) is 22.9 Å². The number of nitrogens with two attached hydrogens (primary N) is 1. The van der Waals surface area contributed by atoms with Crippen molar-refractivity contribution < 1.29 is 5.11 Å². The summed E-state index contributed by atoms with van der Waals surface area (Å²) in [7, 11) is 0. The molecule has 0 aliphatic carbocycles. The average molecular weight is 231 g/mol. The van der Waals surface area contributed by atoms with Crippen molar-refractivity contribution in [1.82, 2.24) is 9.78 Å². The number of hydrogen-bond acceptors (Lipinski definition) is 3. The standard InChI is InChI=1S/C13H17N3O/c1-9-4-3-5-11(6-9)16-7-12(10(2)15-16)13(14)8-17/h3-7,13,17H,8,14H2,1-2H3. The topological polar surface area (TPSA) is 64.1 Å². The summed E-state index contributed by atoms with van der Waals surface area (Å²) in [6, 6.07) is 7.72. The molecule has 0 spiro atoms. The Hall–Kier alpha value is -1.65. The zero-order valence-corrected chi connectivity index (χ0v) is 10.1. The number of rotatable bonds is 3. The van der Waals surface area contributed by atoms with Crippen LogP contribution in [0, 0.1) is 13.8 Å². The molecule has 0 fully saturated rings. The smallest absolute Gasteiger partial charge is 0.0648 e. The maximum absolute atomic E-state index is 9.07. The van der Waals surface area contributed by atoms with E-state index in [2.05, 4.69) is 11.2 Å². The van der Waals surface area contributed by atoms with Crippen LogP contribution < -0.4 is 5.73 Å². The fraction of sp³-hybridized carbons (Fsp3) is 0.308. The van der Waals surface area contributed by atoms with E-state index in [4.69, 9.17) is 10.8 Å². The van der Waals surface area contributed by atoms with Crippen molar-refractivity contribution in [2.24, 2.45) is 5.73 Å². The predicted octanol–water partition coefficient (Wildman–Crippen LogP) is 1.48. The van der Waals surface area contributed by atoms with Gasteiger partial charge in [0.2, 0.25) is 0 Å². The van der Waals surface area contributed by atoms with Gasteiger partial charge in [0.15, 0.2) is 0 Å². The highest BCUT2D eigenvalue weighted by molar-refractivity contribution is 5.36. The van der Waals surface area contributed by atoms with Gasteiger partial charge in [-0.1, -0.05) is 12.1 Å². The molecule has 1 aromatic carbocycles. The van der Waals surface area contributed by atoms with Gasteiger partial charge in [0.25, 0.3) is 0 Å². The molecule has 0 bridgehead atoms. The minimum absolute atomic E-state index is 0.0691. The minimum atomic E-state index is -0.367. The van der Waals surface area contributed by atoms with E-state index in [0.717, 1.165) is 16.9 Å². The first kappa shape index (κ1) is 11.8. The van der Waals surface area contributed by atoms with E-state index in [1.54, 1.807) is 4.68 Å². The molecule has 90 valence electrons. The lowest BCUT2D eigenvalue weighted by molar-refractivity contribution is 0.267. The second-order valence-electron chi connectivity index (χ2n) is 4.24. The number of nitrogens with zero attached hydrogens (tertiary/aromatic N) is 2. The van der Waals surface area contributed by atoms with Crippen LogP contribution >= 0.6 is 0 Å². The summed E-state index contributed by atoms with van der Waals surface area (Å²) >= 11 is 0. The lowest BCUT2D eigenvalue weighted by atomic mass is 10.1. The van der Waals surface area contributed by atoms with Gasteiger partial charge in [-0.05, 0) is 31.5 Å². The van der Waals surface area contributed by atoms with E-state index in [0.29, 0.717) is 0 Å². The molecule has 1 atom stereocenters. The van der Waals surface area contributed by atoms with Gasteiger partial charge in [0, 0.05) is 11.8 Å². The van der Waals surface area contributed by atoms with Crippen LogP contribution in [0.3, 0.4) is 0 Å². The molecule has 1 unspecified atom stereocenters. The Morgan fingerprint density at radius 1 is 1.41 bits per heavy atom. The Morgan fingerprint density at radius 3 is 2.82 bits per heavy atom. The van der Waals surface area contributed by atoms with Crippen molar-refractivity contribution in [2.75, 3.05) is 6.61 Å². The Morgan fingerprint density at radius 2 is 2.18 bits per heavy atom. The molecule has 4 heteroatoms. The van der Waals surface area contributed by atoms with Crippen molar-refractivity contribution >= 4 is 0 Å². The summed E-state index contributed by atoms with van der Waals surface area (Å²) in [5.41, 5.74) is 9.74. The molecule has 0 radical (unpaired) electrons. The number of aryl methyl sites for hydroxylation is 2. The lowest BCUT2D eigenvalue weighted by Crippen LogP contribution is -2.14. The van der Waals surface area contributed by atoms with E-state index >= 15 is 0 Å². The van der Waals surface area contributed by atoms with E-state index < -0.39 is 0 Å². The third-order valence-electron chi connectivity index (χ3n) is 2.80. The Labute approximate surface area is 101 Å². The normalized spacial score (nSPS) is 12.7. The number of aliphatic hydroxyl groups excluding tert-OH is 1. The number of aliphatic hydroxyl groups is 1. The van der Waals surface area contributed by atoms with Crippen LogP contribution in [0.4, 0.5) is 0 Å². The van der Waals surface area contributed by atoms with Gasteiger partial charge in [-0.25, -0.2) is 4.68 Å². The summed E-state index contributed by atoms with van der Waals surface area (Å²) < 4.78 is 1.80. The third kappa shape index (κ3) is 2.38. The van der Waals surface area contributed by atoms with Gasteiger partial charge in [-0.15, -0.1) is 0 Å². The van der Waals surface area contributed by atoms with Crippen molar-refractivity contribution in [3.8, 4) is 5.69 Å². The summed E-state index contributed by atoms with van der Waals surface area (Å²) in [5, 5.41) is 13.5. The Kier molecular flexibility index (Phi) is 3.26. The molecule has 1 aromatic heterocycles. The summed E-state index contributed by atoms with van der Waals surface area (Å²) in [5.74, 6) is 0. The van der Waals surface area contributed by atoms with Gasteiger partial charge in [0.1, 0.15) is 0 Å². The largest absolute Gasteiger partial charge is 0.394 e. The van der Waals surface area contributed by atoms with Crippen LogP contribution in [-0.4, -0.2) is 21.5 Å². The minimum Gasteiger partial charge on any atom is -0.394 e. The molecule has 17 heavy (non-hydrogen) atoms. The molecule has 0 aliphatic heterocycles. The van der Waals surface area contributed by atoms with Crippen molar-refractivity contribution in [2.45, 2.75) is 19.9 Å². The molecule has 2 aromatic rings. The fourth-order valence-corrected chi connectivity index (χ4v) is 1.84. The fourth-order valence-electron chi connectivity index (χ4n) is 1.84. The molecule has 0 aliphatic rings. The van der Waals surface area contributed by atoms with Gasteiger partial charge < -0.3 is 10.8 Å². The Bertz CT molecular complexity index is 519. The van der Waals surface area contributed by atoms with E-state index in [1.807, 2.05) is 38.2 Å². The highest BCUT2D eigenvalue weighted by Gasteiger charge is 2.12. The molecular formula is C13H17N3O. The highest BCUT2D eigenvalue weighted by Crippen LogP contribution is 2.17. The van der Waals surface area contributed by atoms with Crippen molar-refractivity contribution in [1.29, 1.82) is 0 Å². The van der Waals surface area contributed by atoms with Gasteiger partial charge in [-0.3, -0.25) is 0 Å². The zero-order chi connectivity index (χ0) is 12.4. The molecule has 1 heterocycles. The molecule has 0 amide bonds. The zero-order valence-electron chi connectivity index (χ0n) is 10.1. The van der Waals surface area contributed by atoms with Crippen LogP contribution in [0.5, 0.6) is 0 Å². The molecular weight excluding hydrogens is 214 g/mol. The summed E-state index contributed by atoms with van der Waals surface area (Å²) in [6.45, 7) is 3.87. The van der Waals surface area contributed by atoms with Crippen molar-refractivity contribution in [3.05, 3.63) is 47.3 Å². The molecule has 2 rings (SSSR count). The van der Waals surface area contributed by atoms with Gasteiger partial charge >= 0.3 is 0 Å². The van der Waals surface area contributed by atoms with E-state index in [1.165, 1.54) is 5.56 Å². The van der Waals surface area contributed by atoms with Crippen LogP contribution in [0.25, 0.3) is 5.69 Å². The average Bonchev–Trinajstić information content (AvgIpc) is 2.70. The molecule has 3 N–H and O–H groups in total. The SMILES string of the molecule is Cc1cccc(-n2cc(C(N)CO)c(C)n2)c1. The number of hydrogen-bond donors (Lipinski definition) is 2. The predicted molar refractivity (Wildman–Crippen MR) is 67.1 cm³/mol. The first-order valence-corrected chi connectivity index (χ1v) is 5.61. The van der Waals surface area contributed by atoms with E-state index in [-0.39, 0.29) is 12.6 Å². The monoisotopic (exact) mass is 231 g/mol. The second kappa shape index (κ2) is 4.69. The lowest BCUT2D eigenvalue weighted by Gasteiger charge is -2.05. The van der Waals surface area contributed by atoms with E-state index in [9.17, 15) is 0 Å².